The SMILES string of the molecule is NC(=O)NCc1cc(CNC(=O)c2nc3sc4c(c3c(=O)[nH]2)CCC4)ccc1F. The molecular weight excluding hydrogens is 397 g/mol. The molecule has 2 aromatic heterocycles. The van der Waals surface area contributed by atoms with Crippen molar-refractivity contribution in [1.82, 2.24) is 20.6 Å². The van der Waals surface area contributed by atoms with E-state index in [1.165, 1.54) is 34.4 Å². The monoisotopic (exact) mass is 415 g/mol. The van der Waals surface area contributed by atoms with E-state index in [9.17, 15) is 18.8 Å². The Hall–Kier alpha value is -3.27. The molecule has 0 saturated carbocycles. The summed E-state index contributed by atoms with van der Waals surface area (Å²) in [7, 11) is 0. The first-order valence-corrected chi connectivity index (χ1v) is 9.87. The van der Waals surface area contributed by atoms with Gasteiger partial charge < -0.3 is 21.4 Å². The topological polar surface area (TPSA) is 130 Å². The summed E-state index contributed by atoms with van der Waals surface area (Å²) in [5.74, 6) is -1.07. The number of aryl methyl sites for hydroxylation is 2. The van der Waals surface area contributed by atoms with E-state index in [1.807, 2.05) is 0 Å². The largest absolute Gasteiger partial charge is 0.352 e. The Labute approximate surface area is 168 Å². The summed E-state index contributed by atoms with van der Waals surface area (Å²) in [5, 5.41) is 5.58. The highest BCUT2D eigenvalue weighted by Crippen LogP contribution is 2.34. The van der Waals surface area contributed by atoms with Gasteiger partial charge in [0.1, 0.15) is 10.6 Å². The van der Waals surface area contributed by atoms with Crippen molar-refractivity contribution in [3.05, 3.63) is 61.8 Å². The Morgan fingerprint density at radius 2 is 2.07 bits per heavy atom. The number of halogens is 1. The van der Waals surface area contributed by atoms with Crippen molar-refractivity contribution in [1.29, 1.82) is 0 Å². The zero-order chi connectivity index (χ0) is 20.5. The normalized spacial score (nSPS) is 12.7. The number of nitrogens with one attached hydrogen (secondary N) is 3. The van der Waals surface area contributed by atoms with Crippen molar-refractivity contribution in [3.63, 3.8) is 0 Å². The zero-order valence-electron chi connectivity index (χ0n) is 15.3. The standard InChI is InChI=1S/C19H18FN5O3S/c20-12-5-4-9(6-10(12)8-23-19(21)28)7-22-17(27)15-24-16(26)14-11-2-1-3-13(11)29-18(14)25-15/h4-6H,1-3,7-8H2,(H,22,27)(H3,21,23,28)(H,24,25,26). The van der Waals surface area contributed by atoms with E-state index in [2.05, 4.69) is 20.6 Å². The minimum atomic E-state index is -0.756. The van der Waals surface area contributed by atoms with E-state index < -0.39 is 17.8 Å². The van der Waals surface area contributed by atoms with Gasteiger partial charge in [0, 0.05) is 23.5 Å². The number of thiophene rings is 1. The number of urea groups is 1. The van der Waals surface area contributed by atoms with Crippen molar-refractivity contribution in [2.45, 2.75) is 32.4 Å². The van der Waals surface area contributed by atoms with Crippen LogP contribution in [0, 0.1) is 5.82 Å². The van der Waals surface area contributed by atoms with Crippen LogP contribution in [0.5, 0.6) is 0 Å². The second-order valence-electron chi connectivity index (χ2n) is 6.78. The van der Waals surface area contributed by atoms with Gasteiger partial charge in [-0.25, -0.2) is 14.2 Å². The Bertz CT molecular complexity index is 1190. The number of amides is 3. The van der Waals surface area contributed by atoms with Crippen LogP contribution in [0.4, 0.5) is 9.18 Å². The molecule has 1 aliphatic rings. The van der Waals surface area contributed by atoms with Crippen molar-refractivity contribution in [3.8, 4) is 0 Å². The molecule has 0 spiro atoms. The predicted molar refractivity (Wildman–Crippen MR) is 106 cm³/mol. The van der Waals surface area contributed by atoms with E-state index in [-0.39, 0.29) is 30.0 Å². The molecule has 10 heteroatoms. The summed E-state index contributed by atoms with van der Waals surface area (Å²) in [4.78, 5) is 44.3. The van der Waals surface area contributed by atoms with Crippen LogP contribution in [-0.4, -0.2) is 21.9 Å². The molecule has 2 heterocycles. The van der Waals surface area contributed by atoms with Gasteiger partial charge >= 0.3 is 6.03 Å². The number of carbonyl (C=O) groups is 2. The Morgan fingerprint density at radius 1 is 1.24 bits per heavy atom. The van der Waals surface area contributed by atoms with Gasteiger partial charge in [0.25, 0.3) is 11.5 Å². The van der Waals surface area contributed by atoms with Crippen molar-refractivity contribution < 1.29 is 14.0 Å². The molecule has 0 saturated heterocycles. The molecule has 0 radical (unpaired) electrons. The van der Waals surface area contributed by atoms with E-state index >= 15 is 0 Å². The molecule has 8 nitrogen and oxygen atoms in total. The maximum atomic E-state index is 13.8. The summed E-state index contributed by atoms with van der Waals surface area (Å²) in [6.07, 6.45) is 2.84. The highest BCUT2D eigenvalue weighted by Gasteiger charge is 2.22. The summed E-state index contributed by atoms with van der Waals surface area (Å²) in [5.41, 5.74) is 6.62. The van der Waals surface area contributed by atoms with Gasteiger partial charge in [-0.1, -0.05) is 6.07 Å². The molecule has 0 unspecified atom stereocenters. The number of nitrogens with zero attached hydrogens (tertiary/aromatic N) is 1. The van der Waals surface area contributed by atoms with Gasteiger partial charge in [0.05, 0.1) is 5.39 Å². The molecule has 0 bridgehead atoms. The summed E-state index contributed by atoms with van der Waals surface area (Å²) < 4.78 is 13.8. The van der Waals surface area contributed by atoms with Gasteiger partial charge in [-0.05, 0) is 42.5 Å². The second-order valence-corrected chi connectivity index (χ2v) is 7.86. The molecule has 0 aliphatic heterocycles. The number of carbonyl (C=O) groups excluding carboxylic acids is 2. The van der Waals surface area contributed by atoms with Crippen molar-refractivity contribution in [2.24, 2.45) is 5.73 Å². The van der Waals surface area contributed by atoms with Gasteiger partial charge in [0.2, 0.25) is 5.82 Å². The molecule has 3 aromatic rings. The van der Waals surface area contributed by atoms with Gasteiger partial charge in [-0.15, -0.1) is 11.3 Å². The fourth-order valence-corrected chi connectivity index (χ4v) is 4.69. The first kappa shape index (κ1) is 19.1. The zero-order valence-corrected chi connectivity index (χ0v) is 16.1. The number of aromatic amines is 1. The molecule has 1 aliphatic carbocycles. The summed E-state index contributed by atoms with van der Waals surface area (Å²) in [6, 6.07) is 3.54. The van der Waals surface area contributed by atoms with Gasteiger partial charge in [-0.2, -0.15) is 0 Å². The lowest BCUT2D eigenvalue weighted by Gasteiger charge is -2.09. The van der Waals surface area contributed by atoms with E-state index in [4.69, 9.17) is 5.73 Å². The number of hydrogen-bond acceptors (Lipinski definition) is 5. The van der Waals surface area contributed by atoms with Gasteiger partial charge in [0.15, 0.2) is 0 Å². The maximum absolute atomic E-state index is 13.8. The molecule has 5 N–H and O–H groups in total. The number of benzene rings is 1. The third-order valence-corrected chi connectivity index (χ3v) is 5.99. The molecule has 0 atom stereocenters. The smallest absolute Gasteiger partial charge is 0.312 e. The average Bonchev–Trinajstić information content (AvgIpc) is 3.26. The Morgan fingerprint density at radius 3 is 2.86 bits per heavy atom. The number of primary amides is 1. The van der Waals surface area contributed by atoms with Crippen LogP contribution >= 0.6 is 11.3 Å². The molecule has 1 aromatic carbocycles. The van der Waals surface area contributed by atoms with Crippen LogP contribution in [0.2, 0.25) is 0 Å². The fourth-order valence-electron chi connectivity index (χ4n) is 3.43. The fraction of sp³-hybridized carbons (Fsp3) is 0.263. The third kappa shape index (κ3) is 3.83. The highest BCUT2D eigenvalue weighted by molar-refractivity contribution is 7.18. The van der Waals surface area contributed by atoms with Crippen molar-refractivity contribution in [2.75, 3.05) is 0 Å². The first-order valence-electron chi connectivity index (χ1n) is 9.05. The summed E-state index contributed by atoms with van der Waals surface area (Å²) in [6.45, 7) is 0.0446. The third-order valence-electron chi connectivity index (χ3n) is 4.81. The van der Waals surface area contributed by atoms with Crippen LogP contribution in [0.1, 0.15) is 38.6 Å². The number of rotatable bonds is 5. The van der Waals surface area contributed by atoms with E-state index in [1.54, 1.807) is 0 Å². The lowest BCUT2D eigenvalue weighted by molar-refractivity contribution is 0.0940. The number of fused-ring (bicyclic) bond motifs is 3. The van der Waals surface area contributed by atoms with Crippen molar-refractivity contribution >= 4 is 33.5 Å². The lowest BCUT2D eigenvalue weighted by atomic mass is 10.1. The number of hydrogen-bond donors (Lipinski definition) is 4. The predicted octanol–water partition coefficient (Wildman–Crippen LogP) is 1.71. The lowest BCUT2D eigenvalue weighted by Crippen LogP contribution is -2.29. The van der Waals surface area contributed by atoms with Crippen LogP contribution in [0.3, 0.4) is 0 Å². The molecule has 0 fully saturated rings. The minimum absolute atomic E-state index is 0.0554. The number of H-pyrrole nitrogens is 1. The Balaban J connectivity index is 1.49. The summed E-state index contributed by atoms with van der Waals surface area (Å²) >= 11 is 1.46. The van der Waals surface area contributed by atoms with Crippen LogP contribution in [0.25, 0.3) is 10.2 Å². The van der Waals surface area contributed by atoms with Crippen LogP contribution in [-0.2, 0) is 25.9 Å². The molecule has 3 amide bonds. The highest BCUT2D eigenvalue weighted by atomic mass is 32.1. The van der Waals surface area contributed by atoms with E-state index in [0.717, 1.165) is 24.8 Å². The molecule has 29 heavy (non-hydrogen) atoms. The van der Waals surface area contributed by atoms with Gasteiger partial charge in [-0.3, -0.25) is 9.59 Å². The minimum Gasteiger partial charge on any atom is -0.352 e. The Kier molecular flexibility index (Phi) is 5.01. The van der Waals surface area contributed by atoms with Crippen LogP contribution < -0.4 is 21.9 Å². The maximum Gasteiger partial charge on any atom is 0.312 e. The van der Waals surface area contributed by atoms with E-state index in [0.29, 0.717) is 15.8 Å². The average molecular weight is 415 g/mol. The van der Waals surface area contributed by atoms with Crippen LogP contribution in [0.15, 0.2) is 23.0 Å². The number of nitrogens with two attached hydrogens (primary N) is 1. The quantitative estimate of drug-likeness (QED) is 0.505. The molecule has 150 valence electrons. The molecule has 4 rings (SSSR count). The first-order chi connectivity index (χ1) is 13.9. The second kappa shape index (κ2) is 7.63. The number of aromatic nitrogens is 2. The molecular formula is C19H18FN5O3S.